The predicted octanol–water partition coefficient (Wildman–Crippen LogP) is 3.98. The van der Waals surface area contributed by atoms with Gasteiger partial charge >= 0.3 is 0 Å². The van der Waals surface area contributed by atoms with Gasteiger partial charge in [0, 0.05) is 20.4 Å². The van der Waals surface area contributed by atoms with Gasteiger partial charge in [-0.15, -0.1) is 0 Å². The molecule has 0 amide bonds. The van der Waals surface area contributed by atoms with Crippen LogP contribution in [0.5, 0.6) is 0 Å². The van der Waals surface area contributed by atoms with Crippen molar-refractivity contribution >= 4 is 40.0 Å². The Morgan fingerprint density at radius 3 is 2.80 bits per heavy atom. The van der Waals surface area contributed by atoms with Gasteiger partial charge in [-0.1, -0.05) is 17.7 Å². The summed E-state index contributed by atoms with van der Waals surface area (Å²) in [5.74, 6) is 0.425. The number of nitrogens with zero attached hydrogens (tertiary/aromatic N) is 2. The smallest absolute Gasteiger partial charge is 0.155 e. The summed E-state index contributed by atoms with van der Waals surface area (Å²) in [6, 6.07) is 11.4. The first-order valence-corrected chi connectivity index (χ1v) is 7.33. The van der Waals surface area contributed by atoms with E-state index in [0.29, 0.717) is 10.8 Å². The van der Waals surface area contributed by atoms with Gasteiger partial charge in [0.15, 0.2) is 5.82 Å². The summed E-state index contributed by atoms with van der Waals surface area (Å²) in [5, 5.41) is 7.75. The Kier molecular flexibility index (Phi) is 3.62. The van der Waals surface area contributed by atoms with Crippen LogP contribution in [0.25, 0.3) is 22.5 Å². The second-order valence-corrected chi connectivity index (χ2v) is 5.80. The molecule has 0 atom stereocenters. The molecule has 0 radical (unpaired) electrons. The number of aromatic amines is 1. The highest BCUT2D eigenvalue weighted by molar-refractivity contribution is 14.1. The molecule has 0 aliphatic rings. The third-order valence-electron chi connectivity index (χ3n) is 2.91. The van der Waals surface area contributed by atoms with Crippen LogP contribution in [-0.2, 0) is 0 Å². The number of H-pyrrole nitrogens is 1. The Labute approximate surface area is 134 Å². The van der Waals surface area contributed by atoms with Crippen molar-refractivity contribution < 1.29 is 0 Å². The fraction of sp³-hybridized carbons (Fsp3) is 0. The Morgan fingerprint density at radius 1 is 1.20 bits per heavy atom. The number of nitrogens with one attached hydrogen (secondary N) is 1. The minimum absolute atomic E-state index is 0.425. The molecule has 0 unspecified atom stereocenters. The zero-order valence-electron chi connectivity index (χ0n) is 10.3. The summed E-state index contributed by atoms with van der Waals surface area (Å²) >= 11 is 8.35. The fourth-order valence-electron chi connectivity index (χ4n) is 2.01. The van der Waals surface area contributed by atoms with E-state index in [-0.39, 0.29) is 0 Å². The monoisotopic (exact) mass is 396 g/mol. The zero-order chi connectivity index (χ0) is 14.1. The van der Waals surface area contributed by atoms with Crippen molar-refractivity contribution in [3.05, 3.63) is 51.2 Å². The molecule has 0 spiro atoms. The fourth-order valence-corrected chi connectivity index (χ4v) is 2.79. The SMILES string of the molecule is Nc1n[nH]c(-c2cc(Cl)ccc2I)c1-c1ccccn1. The predicted molar refractivity (Wildman–Crippen MR) is 89.4 cm³/mol. The van der Waals surface area contributed by atoms with Gasteiger partial charge in [-0.05, 0) is 52.9 Å². The molecule has 3 N–H and O–H groups in total. The molecule has 0 fully saturated rings. The van der Waals surface area contributed by atoms with Gasteiger partial charge in [0.25, 0.3) is 0 Å². The summed E-state index contributed by atoms with van der Waals surface area (Å²) in [6.07, 6.45) is 1.73. The number of benzene rings is 1. The number of nitrogens with two attached hydrogens (primary N) is 1. The summed E-state index contributed by atoms with van der Waals surface area (Å²) in [4.78, 5) is 4.34. The lowest BCUT2D eigenvalue weighted by Crippen LogP contribution is -1.91. The molecule has 0 aliphatic heterocycles. The van der Waals surface area contributed by atoms with Crippen LogP contribution in [0.3, 0.4) is 0 Å². The normalized spacial score (nSPS) is 10.7. The van der Waals surface area contributed by atoms with Crippen molar-refractivity contribution in [1.82, 2.24) is 15.2 Å². The highest BCUT2D eigenvalue weighted by atomic mass is 127. The first-order chi connectivity index (χ1) is 9.66. The van der Waals surface area contributed by atoms with Crippen LogP contribution in [0.4, 0.5) is 5.82 Å². The van der Waals surface area contributed by atoms with Gasteiger partial charge in [0.1, 0.15) is 0 Å². The van der Waals surface area contributed by atoms with E-state index in [2.05, 4.69) is 37.8 Å². The van der Waals surface area contributed by atoms with Crippen molar-refractivity contribution in [2.45, 2.75) is 0 Å². The van der Waals surface area contributed by atoms with Gasteiger partial charge in [-0.2, -0.15) is 5.10 Å². The molecule has 3 rings (SSSR count). The van der Waals surface area contributed by atoms with Crippen LogP contribution in [0.2, 0.25) is 5.02 Å². The van der Waals surface area contributed by atoms with Crippen LogP contribution in [0.1, 0.15) is 0 Å². The van der Waals surface area contributed by atoms with Crippen molar-refractivity contribution in [1.29, 1.82) is 0 Å². The third-order valence-corrected chi connectivity index (χ3v) is 4.09. The van der Waals surface area contributed by atoms with Gasteiger partial charge in [0.2, 0.25) is 0 Å². The molecule has 1 aromatic carbocycles. The maximum Gasteiger partial charge on any atom is 0.155 e. The molecule has 0 saturated heterocycles. The lowest BCUT2D eigenvalue weighted by atomic mass is 10.0. The minimum Gasteiger partial charge on any atom is -0.382 e. The molecule has 4 nitrogen and oxygen atoms in total. The van der Waals surface area contributed by atoms with Crippen molar-refractivity contribution in [3.63, 3.8) is 0 Å². The van der Waals surface area contributed by atoms with Gasteiger partial charge in [-0.3, -0.25) is 10.1 Å². The molecule has 2 heterocycles. The number of aromatic nitrogens is 3. The van der Waals surface area contributed by atoms with Crippen LogP contribution in [0, 0.1) is 3.57 Å². The van der Waals surface area contributed by atoms with E-state index in [4.69, 9.17) is 17.3 Å². The highest BCUT2D eigenvalue weighted by Crippen LogP contribution is 2.36. The third kappa shape index (κ3) is 2.38. The molecule has 0 bridgehead atoms. The first-order valence-electron chi connectivity index (χ1n) is 5.87. The Hall–Kier alpha value is -1.60. The second-order valence-electron chi connectivity index (χ2n) is 4.20. The van der Waals surface area contributed by atoms with Crippen molar-refractivity contribution in [2.75, 3.05) is 5.73 Å². The number of halogens is 2. The topological polar surface area (TPSA) is 67.6 Å². The first kappa shape index (κ1) is 13.4. The van der Waals surface area contributed by atoms with Crippen LogP contribution in [-0.4, -0.2) is 15.2 Å². The molecule has 0 aliphatic carbocycles. The quantitative estimate of drug-likeness (QED) is 0.644. The number of anilines is 1. The lowest BCUT2D eigenvalue weighted by Gasteiger charge is -2.06. The van der Waals surface area contributed by atoms with E-state index >= 15 is 0 Å². The van der Waals surface area contributed by atoms with Gasteiger partial charge in [0.05, 0.1) is 17.0 Å². The van der Waals surface area contributed by atoms with Crippen LogP contribution >= 0.6 is 34.2 Å². The maximum atomic E-state index is 6.09. The Bertz CT molecular complexity index is 755. The molecule has 6 heteroatoms. The van der Waals surface area contributed by atoms with Crippen molar-refractivity contribution in [3.8, 4) is 22.5 Å². The largest absolute Gasteiger partial charge is 0.382 e. The number of rotatable bonds is 2. The summed E-state index contributed by atoms with van der Waals surface area (Å²) in [7, 11) is 0. The second kappa shape index (κ2) is 5.41. The molecule has 2 aromatic heterocycles. The minimum atomic E-state index is 0.425. The maximum absolute atomic E-state index is 6.09. The summed E-state index contributed by atoms with van der Waals surface area (Å²) in [6.45, 7) is 0. The average molecular weight is 397 g/mol. The Balaban J connectivity index is 2.24. The van der Waals surface area contributed by atoms with Crippen LogP contribution in [0.15, 0.2) is 42.6 Å². The standard InChI is InChI=1S/C14H10ClIN4/c15-8-4-5-10(16)9(7-8)13-12(14(17)20-19-13)11-3-1-2-6-18-11/h1-7H,(H3,17,19,20). The number of pyridine rings is 1. The molecule has 20 heavy (non-hydrogen) atoms. The Morgan fingerprint density at radius 2 is 2.05 bits per heavy atom. The highest BCUT2D eigenvalue weighted by Gasteiger charge is 2.17. The van der Waals surface area contributed by atoms with E-state index in [1.807, 2.05) is 36.4 Å². The van der Waals surface area contributed by atoms with Crippen molar-refractivity contribution in [2.24, 2.45) is 0 Å². The van der Waals surface area contributed by atoms with E-state index in [1.54, 1.807) is 6.20 Å². The number of hydrogen-bond acceptors (Lipinski definition) is 3. The zero-order valence-corrected chi connectivity index (χ0v) is 13.2. The molecule has 3 aromatic rings. The molecule has 0 saturated carbocycles. The summed E-state index contributed by atoms with van der Waals surface area (Å²) in [5.41, 5.74) is 9.35. The molecular weight excluding hydrogens is 387 g/mol. The van der Waals surface area contributed by atoms with Gasteiger partial charge in [-0.25, -0.2) is 0 Å². The van der Waals surface area contributed by atoms with E-state index in [9.17, 15) is 0 Å². The molecular formula is C14H10ClIN4. The molecule has 100 valence electrons. The average Bonchev–Trinajstić information content (AvgIpc) is 2.84. The number of hydrogen-bond donors (Lipinski definition) is 2. The van der Waals surface area contributed by atoms with E-state index < -0.39 is 0 Å². The van der Waals surface area contributed by atoms with Crippen LogP contribution < -0.4 is 5.73 Å². The van der Waals surface area contributed by atoms with Gasteiger partial charge < -0.3 is 5.73 Å². The van der Waals surface area contributed by atoms with E-state index in [1.165, 1.54) is 0 Å². The lowest BCUT2D eigenvalue weighted by molar-refractivity contribution is 1.10. The number of nitrogen functional groups attached to an aromatic ring is 1. The summed E-state index contributed by atoms with van der Waals surface area (Å²) < 4.78 is 1.06. The van der Waals surface area contributed by atoms with E-state index in [0.717, 1.165) is 26.1 Å².